The lowest BCUT2D eigenvalue weighted by molar-refractivity contribution is 0.107. The highest BCUT2D eigenvalue weighted by Gasteiger charge is 2.30. The third-order valence-corrected chi connectivity index (χ3v) is 4.81. The number of aromatic nitrogens is 1. The van der Waals surface area contributed by atoms with Crippen molar-refractivity contribution in [2.75, 3.05) is 5.73 Å². The molecule has 0 saturated carbocycles. The number of hydrogen-bond acceptors (Lipinski definition) is 4. The molecular formula is C16H16N2OS. The number of nitrogens with two attached hydrogens (primary N) is 1. The molecule has 0 amide bonds. The molecule has 3 aromatic rings. The van der Waals surface area contributed by atoms with Crippen LogP contribution in [0.1, 0.15) is 22.9 Å². The monoisotopic (exact) mass is 284 g/mol. The van der Waals surface area contributed by atoms with Gasteiger partial charge in [-0.15, -0.1) is 11.3 Å². The molecule has 3 rings (SSSR count). The Morgan fingerprint density at radius 2 is 2.00 bits per heavy atom. The summed E-state index contributed by atoms with van der Waals surface area (Å²) >= 11 is 1.58. The van der Waals surface area contributed by atoms with E-state index in [4.69, 9.17) is 5.73 Å². The summed E-state index contributed by atoms with van der Waals surface area (Å²) in [5.41, 5.74) is 6.45. The van der Waals surface area contributed by atoms with Crippen LogP contribution in [0.25, 0.3) is 10.1 Å². The summed E-state index contributed by atoms with van der Waals surface area (Å²) in [6, 6.07) is 12.0. The first-order chi connectivity index (χ1) is 9.48. The van der Waals surface area contributed by atoms with Crippen LogP contribution in [0, 0.1) is 6.92 Å². The van der Waals surface area contributed by atoms with Gasteiger partial charge in [-0.3, -0.25) is 0 Å². The van der Waals surface area contributed by atoms with Gasteiger partial charge in [0, 0.05) is 21.3 Å². The fourth-order valence-corrected chi connectivity index (χ4v) is 3.45. The summed E-state index contributed by atoms with van der Waals surface area (Å²) in [5, 5.41) is 12.1. The van der Waals surface area contributed by atoms with Gasteiger partial charge in [0.2, 0.25) is 0 Å². The molecule has 2 aromatic heterocycles. The van der Waals surface area contributed by atoms with Gasteiger partial charge in [0.15, 0.2) is 0 Å². The van der Waals surface area contributed by atoms with Crippen LogP contribution in [-0.4, -0.2) is 10.1 Å². The SMILES string of the molecule is Cc1cnc(N)c(C(C)(O)c2cc3ccccc3s2)c1. The number of anilines is 1. The number of nitrogens with zero attached hydrogens (tertiary/aromatic N) is 1. The second-order valence-corrected chi connectivity index (χ2v) is 6.25. The average Bonchev–Trinajstić information content (AvgIpc) is 2.86. The van der Waals surface area contributed by atoms with Crippen molar-refractivity contribution >= 4 is 27.2 Å². The Balaban J connectivity index is 2.17. The van der Waals surface area contributed by atoms with Gasteiger partial charge < -0.3 is 10.8 Å². The van der Waals surface area contributed by atoms with Crippen LogP contribution in [0.5, 0.6) is 0 Å². The van der Waals surface area contributed by atoms with Gasteiger partial charge in [-0.2, -0.15) is 0 Å². The minimum Gasteiger partial charge on any atom is -0.383 e. The quantitative estimate of drug-likeness (QED) is 0.758. The Labute approximate surface area is 121 Å². The van der Waals surface area contributed by atoms with E-state index in [1.54, 1.807) is 24.5 Å². The number of aliphatic hydroxyl groups is 1. The lowest BCUT2D eigenvalue weighted by Crippen LogP contribution is -2.23. The van der Waals surface area contributed by atoms with Gasteiger partial charge in [-0.25, -0.2) is 4.98 Å². The molecule has 1 atom stereocenters. The van der Waals surface area contributed by atoms with Gasteiger partial charge in [-0.05, 0) is 43.0 Å². The molecule has 0 aliphatic carbocycles. The standard InChI is InChI=1S/C16H16N2OS/c1-10-7-12(15(17)18-9-10)16(2,19)14-8-11-5-3-4-6-13(11)20-14/h3-9,19H,1-2H3,(H2,17,18). The van der Waals surface area contributed by atoms with Crippen LogP contribution in [0.15, 0.2) is 42.6 Å². The Morgan fingerprint density at radius 1 is 1.25 bits per heavy atom. The Kier molecular flexibility index (Phi) is 3.00. The topological polar surface area (TPSA) is 59.1 Å². The van der Waals surface area contributed by atoms with Gasteiger partial charge >= 0.3 is 0 Å². The predicted molar refractivity (Wildman–Crippen MR) is 83.9 cm³/mol. The Hall–Kier alpha value is -1.91. The zero-order chi connectivity index (χ0) is 14.3. The molecule has 0 saturated heterocycles. The first-order valence-electron chi connectivity index (χ1n) is 6.42. The molecule has 0 aliphatic heterocycles. The molecule has 3 nitrogen and oxygen atoms in total. The van der Waals surface area contributed by atoms with E-state index in [1.807, 2.05) is 37.3 Å². The van der Waals surface area contributed by atoms with Crippen LogP contribution >= 0.6 is 11.3 Å². The first kappa shape index (κ1) is 13.1. The number of thiophene rings is 1. The zero-order valence-corrected chi connectivity index (χ0v) is 12.2. The molecular weight excluding hydrogens is 268 g/mol. The molecule has 1 unspecified atom stereocenters. The Bertz CT molecular complexity index is 744. The van der Waals surface area contributed by atoms with E-state index in [9.17, 15) is 5.11 Å². The first-order valence-corrected chi connectivity index (χ1v) is 7.24. The molecule has 0 fully saturated rings. The van der Waals surface area contributed by atoms with Crippen molar-refractivity contribution < 1.29 is 5.11 Å². The van der Waals surface area contributed by atoms with Crippen molar-refractivity contribution in [3.05, 3.63) is 58.6 Å². The van der Waals surface area contributed by atoms with E-state index in [1.165, 1.54) is 0 Å². The average molecular weight is 284 g/mol. The number of rotatable bonds is 2. The van der Waals surface area contributed by atoms with E-state index in [0.29, 0.717) is 11.4 Å². The molecule has 0 spiro atoms. The fourth-order valence-electron chi connectivity index (χ4n) is 2.32. The molecule has 0 aliphatic rings. The number of nitrogen functional groups attached to an aromatic ring is 1. The van der Waals surface area contributed by atoms with Crippen molar-refractivity contribution in [2.45, 2.75) is 19.4 Å². The van der Waals surface area contributed by atoms with Crippen molar-refractivity contribution in [2.24, 2.45) is 0 Å². The zero-order valence-electron chi connectivity index (χ0n) is 11.4. The highest BCUT2D eigenvalue weighted by atomic mass is 32.1. The molecule has 0 bridgehead atoms. The van der Waals surface area contributed by atoms with Crippen molar-refractivity contribution in [1.82, 2.24) is 4.98 Å². The molecule has 102 valence electrons. The van der Waals surface area contributed by atoms with Gasteiger partial charge in [0.1, 0.15) is 11.4 Å². The fraction of sp³-hybridized carbons (Fsp3) is 0.188. The van der Waals surface area contributed by atoms with E-state index in [2.05, 4.69) is 11.1 Å². The minimum absolute atomic E-state index is 0.373. The van der Waals surface area contributed by atoms with Crippen molar-refractivity contribution in [1.29, 1.82) is 0 Å². The molecule has 20 heavy (non-hydrogen) atoms. The molecule has 2 heterocycles. The largest absolute Gasteiger partial charge is 0.383 e. The van der Waals surface area contributed by atoms with Gasteiger partial charge in [0.25, 0.3) is 0 Å². The number of benzene rings is 1. The lowest BCUT2D eigenvalue weighted by Gasteiger charge is -2.23. The van der Waals surface area contributed by atoms with Crippen LogP contribution in [0.2, 0.25) is 0 Å². The van der Waals surface area contributed by atoms with E-state index >= 15 is 0 Å². The maximum Gasteiger partial charge on any atom is 0.129 e. The van der Waals surface area contributed by atoms with Crippen LogP contribution in [-0.2, 0) is 5.60 Å². The van der Waals surface area contributed by atoms with E-state index in [0.717, 1.165) is 20.5 Å². The molecule has 1 aromatic carbocycles. The van der Waals surface area contributed by atoms with E-state index < -0.39 is 5.60 Å². The predicted octanol–water partition coefficient (Wildman–Crippen LogP) is 3.44. The third kappa shape index (κ3) is 2.07. The second-order valence-electron chi connectivity index (χ2n) is 5.17. The second kappa shape index (κ2) is 4.58. The summed E-state index contributed by atoms with van der Waals surface area (Å²) in [6.45, 7) is 3.71. The highest BCUT2D eigenvalue weighted by molar-refractivity contribution is 7.19. The van der Waals surface area contributed by atoms with Crippen molar-refractivity contribution in [3.63, 3.8) is 0 Å². The van der Waals surface area contributed by atoms with Crippen LogP contribution in [0.3, 0.4) is 0 Å². The normalized spacial score (nSPS) is 14.3. The summed E-state index contributed by atoms with van der Waals surface area (Å²) in [4.78, 5) is 5.02. The summed E-state index contributed by atoms with van der Waals surface area (Å²) < 4.78 is 1.15. The summed E-state index contributed by atoms with van der Waals surface area (Å²) in [7, 11) is 0. The third-order valence-electron chi connectivity index (χ3n) is 3.49. The summed E-state index contributed by atoms with van der Waals surface area (Å²) in [5.74, 6) is 0.373. The number of fused-ring (bicyclic) bond motifs is 1. The summed E-state index contributed by atoms with van der Waals surface area (Å²) in [6.07, 6.45) is 1.71. The van der Waals surface area contributed by atoms with E-state index in [-0.39, 0.29) is 0 Å². The molecule has 3 N–H and O–H groups in total. The maximum absolute atomic E-state index is 11.0. The number of pyridine rings is 1. The number of hydrogen-bond donors (Lipinski definition) is 2. The smallest absolute Gasteiger partial charge is 0.129 e. The highest BCUT2D eigenvalue weighted by Crippen LogP contribution is 2.39. The van der Waals surface area contributed by atoms with Gasteiger partial charge in [0.05, 0.1) is 0 Å². The van der Waals surface area contributed by atoms with Gasteiger partial charge in [-0.1, -0.05) is 18.2 Å². The van der Waals surface area contributed by atoms with Crippen molar-refractivity contribution in [3.8, 4) is 0 Å². The molecule has 0 radical (unpaired) electrons. The van der Waals surface area contributed by atoms with Crippen LogP contribution in [0.4, 0.5) is 5.82 Å². The number of aryl methyl sites for hydroxylation is 1. The minimum atomic E-state index is -1.13. The maximum atomic E-state index is 11.0. The van der Waals surface area contributed by atoms with Crippen LogP contribution < -0.4 is 5.73 Å². The lowest BCUT2D eigenvalue weighted by atomic mass is 9.93. The molecule has 4 heteroatoms. The Morgan fingerprint density at radius 3 is 2.75 bits per heavy atom.